The summed E-state index contributed by atoms with van der Waals surface area (Å²) in [4.78, 5) is 12.3. The Hall–Kier alpha value is -1.44. The van der Waals surface area contributed by atoms with Crippen molar-refractivity contribution in [3.63, 3.8) is 0 Å². The highest BCUT2D eigenvalue weighted by Gasteiger charge is 2.37. The molecule has 20 heavy (non-hydrogen) atoms. The molecule has 0 aliphatic heterocycles. The number of carbonyl (C=O) groups excluding carboxylic acids is 1. The maximum atomic E-state index is 12.3. The molecule has 0 spiro atoms. The van der Waals surface area contributed by atoms with Gasteiger partial charge in [-0.15, -0.1) is 0 Å². The van der Waals surface area contributed by atoms with Crippen molar-refractivity contribution in [1.29, 1.82) is 0 Å². The number of para-hydroxylation sites is 1. The standard InChI is InChI=1S/C13H19N3O3S/c1-15-20(18,19)11-7-3-2-6-10(11)16-12(17)13(14)8-4-5-9-13/h2-3,6-7,15H,4-5,8-9,14H2,1H3,(H,16,17). The van der Waals surface area contributed by atoms with Crippen LogP contribution in [0, 0.1) is 0 Å². The Morgan fingerprint density at radius 2 is 1.85 bits per heavy atom. The van der Waals surface area contributed by atoms with Gasteiger partial charge in [-0.2, -0.15) is 0 Å². The van der Waals surface area contributed by atoms with Crippen molar-refractivity contribution in [2.24, 2.45) is 5.73 Å². The maximum Gasteiger partial charge on any atom is 0.244 e. The van der Waals surface area contributed by atoms with Gasteiger partial charge < -0.3 is 11.1 Å². The summed E-state index contributed by atoms with van der Waals surface area (Å²) in [5.74, 6) is -0.325. The fraction of sp³-hybridized carbons (Fsp3) is 0.462. The molecule has 0 atom stereocenters. The van der Waals surface area contributed by atoms with Crippen molar-refractivity contribution in [1.82, 2.24) is 4.72 Å². The van der Waals surface area contributed by atoms with Crippen LogP contribution in [0.3, 0.4) is 0 Å². The molecule has 2 rings (SSSR count). The first-order valence-electron chi connectivity index (χ1n) is 6.52. The molecule has 1 saturated carbocycles. The zero-order chi connectivity index (χ0) is 14.8. The molecule has 1 fully saturated rings. The van der Waals surface area contributed by atoms with Crippen molar-refractivity contribution >= 4 is 21.6 Å². The van der Waals surface area contributed by atoms with E-state index in [1.165, 1.54) is 13.1 Å². The van der Waals surface area contributed by atoms with Gasteiger partial charge in [0.2, 0.25) is 15.9 Å². The highest BCUT2D eigenvalue weighted by atomic mass is 32.2. The molecular formula is C13H19N3O3S. The first-order valence-corrected chi connectivity index (χ1v) is 8.00. The number of rotatable bonds is 4. The number of benzene rings is 1. The van der Waals surface area contributed by atoms with E-state index in [1.807, 2.05) is 0 Å². The van der Waals surface area contributed by atoms with Crippen molar-refractivity contribution in [3.05, 3.63) is 24.3 Å². The molecule has 1 amide bonds. The predicted molar refractivity (Wildman–Crippen MR) is 76.7 cm³/mol. The van der Waals surface area contributed by atoms with E-state index in [0.29, 0.717) is 12.8 Å². The van der Waals surface area contributed by atoms with Crippen LogP contribution in [0.15, 0.2) is 29.2 Å². The Labute approximate surface area is 118 Å². The summed E-state index contributed by atoms with van der Waals surface area (Å²) in [6.07, 6.45) is 3.08. The fourth-order valence-electron chi connectivity index (χ4n) is 2.39. The molecule has 0 radical (unpaired) electrons. The summed E-state index contributed by atoms with van der Waals surface area (Å²) in [7, 11) is -2.29. The van der Waals surface area contributed by atoms with Crippen molar-refractivity contribution < 1.29 is 13.2 Å². The van der Waals surface area contributed by atoms with Crippen LogP contribution in [-0.4, -0.2) is 26.9 Å². The van der Waals surface area contributed by atoms with Gasteiger partial charge in [-0.05, 0) is 32.0 Å². The molecule has 1 aromatic carbocycles. The number of amides is 1. The third-order valence-corrected chi connectivity index (χ3v) is 5.11. The molecule has 0 unspecified atom stereocenters. The van der Waals surface area contributed by atoms with E-state index < -0.39 is 15.6 Å². The Morgan fingerprint density at radius 3 is 2.45 bits per heavy atom. The van der Waals surface area contributed by atoms with E-state index >= 15 is 0 Å². The van der Waals surface area contributed by atoms with Crippen LogP contribution in [0.4, 0.5) is 5.69 Å². The second-order valence-electron chi connectivity index (χ2n) is 5.02. The number of sulfonamides is 1. The van der Waals surface area contributed by atoms with E-state index in [9.17, 15) is 13.2 Å². The van der Waals surface area contributed by atoms with Gasteiger partial charge >= 0.3 is 0 Å². The van der Waals surface area contributed by atoms with E-state index in [2.05, 4.69) is 10.0 Å². The van der Waals surface area contributed by atoms with Gasteiger partial charge in [0.05, 0.1) is 11.2 Å². The van der Waals surface area contributed by atoms with E-state index in [0.717, 1.165) is 12.8 Å². The molecule has 1 aliphatic carbocycles. The average Bonchev–Trinajstić information content (AvgIpc) is 2.87. The molecule has 6 nitrogen and oxygen atoms in total. The average molecular weight is 297 g/mol. The second-order valence-corrected chi connectivity index (χ2v) is 6.88. The largest absolute Gasteiger partial charge is 0.323 e. The van der Waals surface area contributed by atoms with Gasteiger partial charge in [0.25, 0.3) is 0 Å². The first kappa shape index (κ1) is 15.0. The van der Waals surface area contributed by atoms with Crippen LogP contribution in [-0.2, 0) is 14.8 Å². The summed E-state index contributed by atoms with van der Waals surface area (Å²) in [6, 6.07) is 6.27. The summed E-state index contributed by atoms with van der Waals surface area (Å²) in [5, 5.41) is 2.65. The van der Waals surface area contributed by atoms with E-state index in [-0.39, 0.29) is 16.5 Å². The smallest absolute Gasteiger partial charge is 0.244 e. The van der Waals surface area contributed by atoms with Crippen LogP contribution in [0.5, 0.6) is 0 Å². The number of nitrogens with two attached hydrogens (primary N) is 1. The first-order chi connectivity index (χ1) is 9.39. The number of nitrogens with one attached hydrogen (secondary N) is 2. The third-order valence-electron chi connectivity index (χ3n) is 3.64. The Kier molecular flexibility index (Phi) is 4.12. The van der Waals surface area contributed by atoms with Gasteiger partial charge in [0.1, 0.15) is 4.90 Å². The van der Waals surface area contributed by atoms with Gasteiger partial charge in [-0.25, -0.2) is 13.1 Å². The van der Waals surface area contributed by atoms with Crippen molar-refractivity contribution in [3.8, 4) is 0 Å². The normalized spacial score (nSPS) is 17.9. The second kappa shape index (κ2) is 5.51. The van der Waals surface area contributed by atoms with Gasteiger partial charge in [-0.1, -0.05) is 25.0 Å². The minimum atomic E-state index is -3.62. The van der Waals surface area contributed by atoms with Crippen LogP contribution in [0.1, 0.15) is 25.7 Å². The zero-order valence-corrected chi connectivity index (χ0v) is 12.2. The molecular weight excluding hydrogens is 278 g/mol. The van der Waals surface area contributed by atoms with Gasteiger partial charge in [0.15, 0.2) is 0 Å². The lowest BCUT2D eigenvalue weighted by Gasteiger charge is -2.23. The lowest BCUT2D eigenvalue weighted by Crippen LogP contribution is -2.48. The SMILES string of the molecule is CNS(=O)(=O)c1ccccc1NC(=O)C1(N)CCCC1. The Bertz CT molecular complexity index is 607. The monoisotopic (exact) mass is 297 g/mol. The summed E-state index contributed by atoms with van der Waals surface area (Å²) in [5.41, 5.74) is 5.43. The summed E-state index contributed by atoms with van der Waals surface area (Å²) < 4.78 is 26.1. The molecule has 1 aromatic rings. The fourth-order valence-corrected chi connectivity index (χ4v) is 3.28. The summed E-state index contributed by atoms with van der Waals surface area (Å²) >= 11 is 0. The number of hydrogen-bond donors (Lipinski definition) is 3. The molecule has 110 valence electrons. The van der Waals surface area contributed by atoms with Crippen LogP contribution >= 0.6 is 0 Å². The lowest BCUT2D eigenvalue weighted by molar-refractivity contribution is -0.121. The van der Waals surface area contributed by atoms with Crippen molar-refractivity contribution in [2.45, 2.75) is 36.1 Å². The third kappa shape index (κ3) is 2.84. The van der Waals surface area contributed by atoms with Crippen molar-refractivity contribution in [2.75, 3.05) is 12.4 Å². The predicted octanol–water partition coefficient (Wildman–Crippen LogP) is 0.805. The summed E-state index contributed by atoms with van der Waals surface area (Å²) in [6.45, 7) is 0. The number of hydrogen-bond acceptors (Lipinski definition) is 4. The Balaban J connectivity index is 2.29. The molecule has 0 heterocycles. The minimum Gasteiger partial charge on any atom is -0.323 e. The highest BCUT2D eigenvalue weighted by molar-refractivity contribution is 7.89. The van der Waals surface area contributed by atoms with E-state index in [4.69, 9.17) is 5.73 Å². The van der Waals surface area contributed by atoms with Crippen LogP contribution in [0.25, 0.3) is 0 Å². The van der Waals surface area contributed by atoms with Crippen LogP contribution in [0.2, 0.25) is 0 Å². The molecule has 1 aliphatic rings. The molecule has 4 N–H and O–H groups in total. The quantitative estimate of drug-likeness (QED) is 0.765. The number of anilines is 1. The molecule has 0 bridgehead atoms. The lowest BCUT2D eigenvalue weighted by atomic mass is 9.98. The van der Waals surface area contributed by atoms with Gasteiger partial charge in [0, 0.05) is 0 Å². The van der Waals surface area contributed by atoms with Gasteiger partial charge in [-0.3, -0.25) is 4.79 Å². The Morgan fingerprint density at radius 1 is 1.25 bits per heavy atom. The maximum absolute atomic E-state index is 12.3. The molecule has 0 saturated heterocycles. The highest BCUT2D eigenvalue weighted by Crippen LogP contribution is 2.29. The van der Waals surface area contributed by atoms with Crippen LogP contribution < -0.4 is 15.8 Å². The topological polar surface area (TPSA) is 101 Å². The zero-order valence-electron chi connectivity index (χ0n) is 11.3. The molecule has 7 heteroatoms. The molecule has 0 aromatic heterocycles. The van der Waals surface area contributed by atoms with E-state index in [1.54, 1.807) is 18.2 Å². The minimum absolute atomic E-state index is 0.0393. The number of carbonyl (C=O) groups is 1.